The van der Waals surface area contributed by atoms with Crippen LogP contribution in [0.2, 0.25) is 0 Å². The van der Waals surface area contributed by atoms with Crippen molar-refractivity contribution in [3.05, 3.63) is 33.1 Å². The first-order chi connectivity index (χ1) is 8.70. The van der Waals surface area contributed by atoms with Crippen LogP contribution in [0.4, 0.5) is 0 Å². The Kier molecular flexibility index (Phi) is 6.38. The summed E-state index contributed by atoms with van der Waals surface area (Å²) in [4.78, 5) is 23.4. The molecule has 0 atom stereocenters. The summed E-state index contributed by atoms with van der Waals surface area (Å²) in [5.41, 5.74) is -0.493. The molecule has 6 heteroatoms. The van der Waals surface area contributed by atoms with Gasteiger partial charge in [-0.05, 0) is 19.9 Å². The second kappa shape index (κ2) is 7.84. The molecule has 0 fully saturated rings. The van der Waals surface area contributed by atoms with Gasteiger partial charge in [0.2, 0.25) is 0 Å². The van der Waals surface area contributed by atoms with Gasteiger partial charge in [0, 0.05) is 45.6 Å². The number of nitrogens with zero attached hydrogens (tertiary/aromatic N) is 2. The summed E-state index contributed by atoms with van der Waals surface area (Å²) in [6, 6.07) is 1.43. The van der Waals surface area contributed by atoms with Crippen molar-refractivity contribution in [2.75, 3.05) is 26.8 Å². The summed E-state index contributed by atoms with van der Waals surface area (Å²) >= 11 is 0. The molecule has 0 amide bonds. The first kappa shape index (κ1) is 14.7. The molecule has 1 aromatic rings. The van der Waals surface area contributed by atoms with E-state index < -0.39 is 0 Å². The molecule has 18 heavy (non-hydrogen) atoms. The zero-order chi connectivity index (χ0) is 13.4. The second-order valence-electron chi connectivity index (χ2n) is 3.97. The van der Waals surface area contributed by atoms with E-state index in [0.717, 1.165) is 13.0 Å². The molecule has 1 aromatic heterocycles. The average molecular weight is 255 g/mol. The largest absolute Gasteiger partial charge is 0.385 e. The van der Waals surface area contributed by atoms with Gasteiger partial charge in [0.1, 0.15) is 0 Å². The van der Waals surface area contributed by atoms with Crippen molar-refractivity contribution in [3.63, 3.8) is 0 Å². The van der Waals surface area contributed by atoms with Crippen molar-refractivity contribution in [2.24, 2.45) is 0 Å². The molecule has 0 bridgehead atoms. The van der Waals surface area contributed by atoms with Crippen molar-refractivity contribution < 1.29 is 4.74 Å². The van der Waals surface area contributed by atoms with Crippen LogP contribution in [0.1, 0.15) is 13.3 Å². The minimum Gasteiger partial charge on any atom is -0.385 e. The van der Waals surface area contributed by atoms with Crippen molar-refractivity contribution in [2.45, 2.75) is 26.4 Å². The van der Waals surface area contributed by atoms with Gasteiger partial charge in [-0.2, -0.15) is 0 Å². The van der Waals surface area contributed by atoms with E-state index in [4.69, 9.17) is 4.74 Å². The molecule has 1 heterocycles. The third kappa shape index (κ3) is 4.12. The molecular weight excluding hydrogens is 234 g/mol. The highest BCUT2D eigenvalue weighted by atomic mass is 16.5. The average Bonchev–Trinajstić information content (AvgIpc) is 2.37. The molecule has 0 radical (unpaired) electrons. The van der Waals surface area contributed by atoms with Crippen molar-refractivity contribution >= 4 is 0 Å². The summed E-state index contributed by atoms with van der Waals surface area (Å²) in [6.45, 7) is 4.97. The van der Waals surface area contributed by atoms with E-state index in [1.807, 2.05) is 6.92 Å². The van der Waals surface area contributed by atoms with E-state index in [0.29, 0.717) is 26.2 Å². The van der Waals surface area contributed by atoms with Crippen LogP contribution in [0.3, 0.4) is 0 Å². The lowest BCUT2D eigenvalue weighted by Gasteiger charge is -2.08. The lowest BCUT2D eigenvalue weighted by molar-refractivity contribution is 0.194. The Hall–Kier alpha value is -1.40. The van der Waals surface area contributed by atoms with Crippen molar-refractivity contribution in [3.8, 4) is 0 Å². The lowest BCUT2D eigenvalue weighted by Crippen LogP contribution is -2.41. The van der Waals surface area contributed by atoms with E-state index in [2.05, 4.69) is 5.32 Å². The molecule has 0 aliphatic carbocycles. The molecule has 0 aliphatic heterocycles. The van der Waals surface area contributed by atoms with Gasteiger partial charge in [-0.1, -0.05) is 0 Å². The Labute approximate surface area is 106 Å². The zero-order valence-corrected chi connectivity index (χ0v) is 11.0. The summed E-state index contributed by atoms with van der Waals surface area (Å²) in [7, 11) is 1.66. The summed E-state index contributed by atoms with van der Waals surface area (Å²) < 4.78 is 7.70. The van der Waals surface area contributed by atoms with Gasteiger partial charge in [0.05, 0.1) is 0 Å². The second-order valence-corrected chi connectivity index (χ2v) is 3.97. The van der Waals surface area contributed by atoms with E-state index in [1.165, 1.54) is 21.4 Å². The molecule has 102 valence electrons. The van der Waals surface area contributed by atoms with Crippen LogP contribution >= 0.6 is 0 Å². The van der Waals surface area contributed by atoms with Gasteiger partial charge < -0.3 is 14.6 Å². The molecule has 1 rings (SSSR count). The monoisotopic (exact) mass is 255 g/mol. The fourth-order valence-electron chi connectivity index (χ4n) is 1.66. The number of nitrogens with one attached hydrogen (secondary N) is 1. The standard InChI is InChI=1S/C12H21N3O3/c1-3-14-8-5-11(16)15(12(14)17)9-7-13-6-4-10-18-2/h5,8,13H,3-4,6-7,9-10H2,1-2H3. The van der Waals surface area contributed by atoms with Crippen LogP contribution < -0.4 is 16.6 Å². The number of hydrogen-bond donors (Lipinski definition) is 1. The maximum absolute atomic E-state index is 11.9. The van der Waals surface area contributed by atoms with Crippen LogP contribution in [-0.4, -0.2) is 35.9 Å². The third-order valence-corrected chi connectivity index (χ3v) is 2.69. The molecule has 1 N–H and O–H groups in total. The first-order valence-corrected chi connectivity index (χ1v) is 6.20. The molecule has 0 aromatic carbocycles. The van der Waals surface area contributed by atoms with E-state index in [-0.39, 0.29) is 11.2 Å². The quantitative estimate of drug-likeness (QED) is 0.645. The summed E-state index contributed by atoms with van der Waals surface area (Å²) in [5.74, 6) is 0. The minimum absolute atomic E-state index is 0.247. The van der Waals surface area contributed by atoms with Crippen LogP contribution in [0.25, 0.3) is 0 Å². The maximum atomic E-state index is 11.9. The molecule has 0 saturated carbocycles. The molecule has 0 unspecified atom stereocenters. The molecule has 6 nitrogen and oxygen atoms in total. The number of aromatic nitrogens is 2. The maximum Gasteiger partial charge on any atom is 0.330 e. The Bertz CT molecular complexity index is 464. The summed E-state index contributed by atoms with van der Waals surface area (Å²) in [5, 5.41) is 3.17. The van der Waals surface area contributed by atoms with Crippen molar-refractivity contribution in [1.29, 1.82) is 0 Å². The predicted octanol–water partition coefficient (Wildman–Crippen LogP) is -0.344. The van der Waals surface area contributed by atoms with E-state index in [9.17, 15) is 9.59 Å². The van der Waals surface area contributed by atoms with Crippen LogP contribution in [0.5, 0.6) is 0 Å². The molecule has 0 spiro atoms. The minimum atomic E-state index is -0.247. The van der Waals surface area contributed by atoms with E-state index >= 15 is 0 Å². The Morgan fingerprint density at radius 3 is 2.78 bits per heavy atom. The number of aryl methyl sites for hydroxylation is 1. The van der Waals surface area contributed by atoms with Crippen LogP contribution in [0, 0.1) is 0 Å². The fraction of sp³-hybridized carbons (Fsp3) is 0.667. The molecule has 0 aliphatic rings. The van der Waals surface area contributed by atoms with Crippen molar-refractivity contribution in [1.82, 2.24) is 14.5 Å². The van der Waals surface area contributed by atoms with Gasteiger partial charge >= 0.3 is 5.69 Å². The summed E-state index contributed by atoms with van der Waals surface area (Å²) in [6.07, 6.45) is 2.45. The molecule has 0 saturated heterocycles. The number of rotatable bonds is 8. The SMILES string of the molecule is CCn1ccc(=O)n(CCNCCCOC)c1=O. The van der Waals surface area contributed by atoms with Crippen LogP contribution in [0.15, 0.2) is 21.9 Å². The van der Waals surface area contributed by atoms with Gasteiger partial charge in [-0.25, -0.2) is 4.79 Å². The highest BCUT2D eigenvalue weighted by Crippen LogP contribution is 1.80. The van der Waals surface area contributed by atoms with Gasteiger partial charge in [-0.3, -0.25) is 9.36 Å². The first-order valence-electron chi connectivity index (χ1n) is 6.20. The Morgan fingerprint density at radius 2 is 2.11 bits per heavy atom. The number of methoxy groups -OCH3 is 1. The van der Waals surface area contributed by atoms with E-state index in [1.54, 1.807) is 7.11 Å². The highest BCUT2D eigenvalue weighted by molar-refractivity contribution is 4.86. The topological polar surface area (TPSA) is 65.3 Å². The Morgan fingerprint density at radius 1 is 1.33 bits per heavy atom. The van der Waals surface area contributed by atoms with Gasteiger partial charge in [0.15, 0.2) is 0 Å². The van der Waals surface area contributed by atoms with Gasteiger partial charge in [0.25, 0.3) is 5.56 Å². The predicted molar refractivity (Wildman–Crippen MR) is 70.0 cm³/mol. The Balaban J connectivity index is 2.52. The molecular formula is C12H21N3O3. The van der Waals surface area contributed by atoms with Crippen LogP contribution in [-0.2, 0) is 17.8 Å². The number of ether oxygens (including phenoxy) is 1. The number of hydrogen-bond acceptors (Lipinski definition) is 4. The smallest absolute Gasteiger partial charge is 0.330 e. The normalized spacial score (nSPS) is 10.8. The third-order valence-electron chi connectivity index (χ3n) is 2.69. The zero-order valence-electron chi connectivity index (χ0n) is 11.0. The lowest BCUT2D eigenvalue weighted by atomic mass is 10.4. The van der Waals surface area contributed by atoms with Gasteiger partial charge in [-0.15, -0.1) is 0 Å². The fourth-order valence-corrected chi connectivity index (χ4v) is 1.66. The highest BCUT2D eigenvalue weighted by Gasteiger charge is 2.03.